The van der Waals surface area contributed by atoms with Crippen LogP contribution in [-0.2, 0) is 6.42 Å². The minimum Gasteiger partial charge on any atom is -0.399 e. The Balaban J connectivity index is 2.03. The van der Waals surface area contributed by atoms with Crippen LogP contribution in [0.15, 0.2) is 54.7 Å². The van der Waals surface area contributed by atoms with E-state index in [1.807, 2.05) is 30.3 Å². The average molecular weight is 288 g/mol. The number of hydrogen-bond donors (Lipinski definition) is 2. The molecule has 3 N–H and O–H groups in total. The van der Waals surface area contributed by atoms with Crippen LogP contribution in [0.25, 0.3) is 11.1 Å². The van der Waals surface area contributed by atoms with Gasteiger partial charge in [0.25, 0.3) is 5.91 Å². The molecule has 3 nitrogen and oxygen atoms in total. The quantitative estimate of drug-likeness (QED) is 0.790. The molecule has 0 bridgehead atoms. The van der Waals surface area contributed by atoms with Gasteiger partial charge in [0.05, 0.1) is 0 Å². The predicted molar refractivity (Wildman–Crippen MR) is 89.0 cm³/mol. The zero-order valence-electron chi connectivity index (χ0n) is 12.1. The van der Waals surface area contributed by atoms with Gasteiger partial charge >= 0.3 is 0 Å². The third kappa shape index (κ3) is 1.94. The van der Waals surface area contributed by atoms with E-state index in [9.17, 15) is 4.79 Å². The highest BCUT2D eigenvalue weighted by atomic mass is 16.1. The second-order valence-electron chi connectivity index (χ2n) is 5.67. The molecule has 2 aromatic carbocycles. The summed E-state index contributed by atoms with van der Waals surface area (Å²) in [6.07, 6.45) is 5.59. The fraction of sp³-hybridized carbons (Fsp3) is 0.105. The number of amides is 1. The standard InChI is InChI=1S/C19H16N2O/c20-14-10-13-6-7-15(12-4-2-1-3-5-12)16-8-9-21-19(22)17(11-14)18(13)16/h1-5,8-11H,6-7,20H2,(H,21,22). The number of carbonyl (C=O) groups is 1. The number of nitrogen functional groups attached to an aromatic ring is 1. The lowest BCUT2D eigenvalue weighted by Crippen LogP contribution is -2.18. The summed E-state index contributed by atoms with van der Waals surface area (Å²) in [6, 6.07) is 14.1. The summed E-state index contributed by atoms with van der Waals surface area (Å²) in [5.41, 5.74) is 13.1. The first-order chi connectivity index (χ1) is 10.7. The molecule has 0 atom stereocenters. The minimum atomic E-state index is -0.0934. The van der Waals surface area contributed by atoms with Gasteiger partial charge in [0, 0.05) is 17.5 Å². The van der Waals surface area contributed by atoms with Gasteiger partial charge in [-0.05, 0) is 58.9 Å². The lowest BCUT2D eigenvalue weighted by Gasteiger charge is -2.23. The van der Waals surface area contributed by atoms with E-state index in [2.05, 4.69) is 17.4 Å². The van der Waals surface area contributed by atoms with Crippen molar-refractivity contribution < 1.29 is 4.79 Å². The van der Waals surface area contributed by atoms with Crippen molar-refractivity contribution in [3.63, 3.8) is 0 Å². The van der Waals surface area contributed by atoms with Crippen molar-refractivity contribution in [2.24, 2.45) is 0 Å². The number of hydrogen-bond acceptors (Lipinski definition) is 2. The summed E-state index contributed by atoms with van der Waals surface area (Å²) in [6.45, 7) is 0. The third-order valence-electron chi connectivity index (χ3n) is 4.31. The van der Waals surface area contributed by atoms with Crippen LogP contribution in [0, 0.1) is 0 Å². The maximum Gasteiger partial charge on any atom is 0.255 e. The van der Waals surface area contributed by atoms with Crippen LogP contribution < -0.4 is 11.1 Å². The summed E-state index contributed by atoms with van der Waals surface area (Å²) in [7, 11) is 0. The van der Waals surface area contributed by atoms with Crippen molar-refractivity contribution in [3.8, 4) is 0 Å². The van der Waals surface area contributed by atoms with Crippen molar-refractivity contribution in [2.45, 2.75) is 12.8 Å². The third-order valence-corrected chi connectivity index (χ3v) is 4.31. The predicted octanol–water partition coefficient (Wildman–Crippen LogP) is 3.38. The molecule has 3 heteroatoms. The molecule has 1 aliphatic heterocycles. The van der Waals surface area contributed by atoms with E-state index in [0.717, 1.165) is 29.5 Å². The van der Waals surface area contributed by atoms with Gasteiger partial charge in [-0.15, -0.1) is 0 Å². The normalized spacial score (nSPS) is 16.1. The number of rotatable bonds is 1. The van der Waals surface area contributed by atoms with Gasteiger partial charge in [-0.3, -0.25) is 4.79 Å². The van der Waals surface area contributed by atoms with Crippen LogP contribution in [0.1, 0.15) is 33.5 Å². The van der Waals surface area contributed by atoms with E-state index in [0.29, 0.717) is 11.3 Å². The number of carbonyl (C=O) groups excluding carboxylic acids is 1. The van der Waals surface area contributed by atoms with Crippen molar-refractivity contribution in [3.05, 3.63) is 77.0 Å². The molecule has 0 unspecified atom stereocenters. The first kappa shape index (κ1) is 12.9. The van der Waals surface area contributed by atoms with Gasteiger partial charge in [0.1, 0.15) is 0 Å². The van der Waals surface area contributed by atoms with Crippen molar-refractivity contribution >= 4 is 22.7 Å². The van der Waals surface area contributed by atoms with Crippen molar-refractivity contribution in [2.75, 3.05) is 5.73 Å². The fourth-order valence-electron chi connectivity index (χ4n) is 3.37. The van der Waals surface area contributed by atoms with E-state index in [4.69, 9.17) is 5.73 Å². The summed E-state index contributed by atoms with van der Waals surface area (Å²) in [4.78, 5) is 12.3. The molecule has 0 saturated carbocycles. The van der Waals surface area contributed by atoms with E-state index in [1.165, 1.54) is 11.1 Å². The lowest BCUT2D eigenvalue weighted by atomic mass is 9.80. The van der Waals surface area contributed by atoms with E-state index in [-0.39, 0.29) is 5.91 Å². The molecule has 1 amide bonds. The summed E-state index contributed by atoms with van der Waals surface area (Å²) in [5.74, 6) is -0.0934. The minimum absolute atomic E-state index is 0.0934. The SMILES string of the molecule is Nc1cc2c3c(c1)C(=O)NC=CC3=C(c1ccccc1)CC2. The Hall–Kier alpha value is -2.81. The summed E-state index contributed by atoms with van der Waals surface area (Å²) in [5, 5.41) is 2.81. The summed E-state index contributed by atoms with van der Waals surface area (Å²) >= 11 is 0. The molecule has 4 rings (SSSR count). The number of anilines is 1. The molecule has 1 heterocycles. The Morgan fingerprint density at radius 3 is 2.68 bits per heavy atom. The Bertz CT molecular complexity index is 832. The highest BCUT2D eigenvalue weighted by Gasteiger charge is 2.26. The number of benzene rings is 2. The second-order valence-corrected chi connectivity index (χ2v) is 5.67. The second kappa shape index (κ2) is 4.88. The largest absolute Gasteiger partial charge is 0.399 e. The molecule has 0 fully saturated rings. The molecule has 0 radical (unpaired) electrons. The summed E-state index contributed by atoms with van der Waals surface area (Å²) < 4.78 is 0. The molecule has 2 aliphatic rings. The van der Waals surface area contributed by atoms with Gasteiger partial charge in [-0.1, -0.05) is 30.3 Å². The van der Waals surface area contributed by atoms with E-state index < -0.39 is 0 Å². The molecule has 0 aromatic heterocycles. The van der Waals surface area contributed by atoms with Crippen LogP contribution in [0.4, 0.5) is 5.69 Å². The molecular formula is C19H16N2O. The maximum atomic E-state index is 12.3. The Labute approximate surface area is 129 Å². The van der Waals surface area contributed by atoms with Crippen LogP contribution >= 0.6 is 0 Å². The first-order valence-corrected chi connectivity index (χ1v) is 7.43. The van der Waals surface area contributed by atoms with Gasteiger partial charge in [0.2, 0.25) is 0 Å². The molecule has 22 heavy (non-hydrogen) atoms. The smallest absolute Gasteiger partial charge is 0.255 e. The van der Waals surface area contributed by atoms with Gasteiger partial charge < -0.3 is 11.1 Å². The zero-order valence-corrected chi connectivity index (χ0v) is 12.1. The molecular weight excluding hydrogens is 272 g/mol. The van der Waals surface area contributed by atoms with Crippen LogP contribution in [0.3, 0.4) is 0 Å². The molecule has 108 valence electrons. The Morgan fingerprint density at radius 1 is 1.05 bits per heavy atom. The van der Waals surface area contributed by atoms with Gasteiger partial charge in [-0.2, -0.15) is 0 Å². The number of aryl methyl sites for hydroxylation is 1. The Kier molecular flexibility index (Phi) is 2.86. The highest BCUT2D eigenvalue weighted by molar-refractivity contribution is 6.09. The topological polar surface area (TPSA) is 55.1 Å². The number of allylic oxidation sites excluding steroid dienone is 3. The fourth-order valence-corrected chi connectivity index (χ4v) is 3.37. The van der Waals surface area contributed by atoms with Crippen LogP contribution in [0.2, 0.25) is 0 Å². The highest BCUT2D eigenvalue weighted by Crippen LogP contribution is 2.40. The van der Waals surface area contributed by atoms with Crippen LogP contribution in [-0.4, -0.2) is 5.91 Å². The zero-order chi connectivity index (χ0) is 15.1. The monoisotopic (exact) mass is 288 g/mol. The van der Waals surface area contributed by atoms with E-state index in [1.54, 1.807) is 12.3 Å². The lowest BCUT2D eigenvalue weighted by molar-refractivity contribution is 0.0970. The maximum absolute atomic E-state index is 12.3. The van der Waals surface area contributed by atoms with E-state index >= 15 is 0 Å². The average Bonchev–Trinajstić information content (AvgIpc) is 2.69. The number of nitrogens with two attached hydrogens (primary N) is 1. The molecule has 1 aliphatic carbocycles. The Morgan fingerprint density at radius 2 is 1.86 bits per heavy atom. The van der Waals surface area contributed by atoms with Crippen LogP contribution in [0.5, 0.6) is 0 Å². The molecule has 2 aromatic rings. The molecule has 0 spiro atoms. The molecule has 0 saturated heterocycles. The van der Waals surface area contributed by atoms with Gasteiger partial charge in [-0.25, -0.2) is 0 Å². The van der Waals surface area contributed by atoms with Gasteiger partial charge in [0.15, 0.2) is 0 Å². The van der Waals surface area contributed by atoms with Crippen molar-refractivity contribution in [1.29, 1.82) is 0 Å². The van der Waals surface area contributed by atoms with Crippen molar-refractivity contribution in [1.82, 2.24) is 5.32 Å². The number of nitrogens with one attached hydrogen (secondary N) is 1. The first-order valence-electron chi connectivity index (χ1n) is 7.43.